The Morgan fingerprint density at radius 2 is 1.86 bits per heavy atom. The smallest absolute Gasteiger partial charge is 0.236 e. The van der Waals surface area contributed by atoms with Crippen LogP contribution in [0.25, 0.3) is 0 Å². The zero-order valence-electron chi connectivity index (χ0n) is 13.0. The lowest BCUT2D eigenvalue weighted by molar-refractivity contribution is -0.132. The topological polar surface area (TPSA) is 35.6 Å². The Kier molecular flexibility index (Phi) is 7.72. The second-order valence-corrected chi connectivity index (χ2v) is 5.43. The molecule has 0 aliphatic carbocycles. The van der Waals surface area contributed by atoms with Crippen molar-refractivity contribution in [3.8, 4) is 0 Å². The monoisotopic (exact) mass is 311 g/mol. The molecule has 118 valence electrons. The summed E-state index contributed by atoms with van der Waals surface area (Å²) in [4.78, 5) is 16.3. The van der Waals surface area contributed by atoms with E-state index in [4.69, 9.17) is 0 Å². The molecule has 1 aromatic carbocycles. The maximum atomic E-state index is 12.2. The van der Waals surface area contributed by atoms with Crippen LogP contribution in [0, 0.1) is 0 Å². The molecule has 4 nitrogen and oxygen atoms in total. The number of likely N-dealkylation sites (N-methyl/N-ethyl adjacent to an activating group) is 1. The first-order valence-electron chi connectivity index (χ1n) is 7.44. The van der Waals surface area contributed by atoms with E-state index in [0.29, 0.717) is 6.54 Å². The van der Waals surface area contributed by atoms with E-state index in [1.807, 2.05) is 11.9 Å². The highest BCUT2D eigenvalue weighted by molar-refractivity contribution is 5.85. The summed E-state index contributed by atoms with van der Waals surface area (Å²) in [6, 6.07) is 8.47. The van der Waals surface area contributed by atoms with Crippen molar-refractivity contribution in [2.24, 2.45) is 0 Å². The van der Waals surface area contributed by atoms with Gasteiger partial charge in [-0.3, -0.25) is 9.69 Å². The third-order valence-corrected chi connectivity index (χ3v) is 3.81. The van der Waals surface area contributed by atoms with Crippen LogP contribution >= 0.6 is 12.4 Å². The van der Waals surface area contributed by atoms with Gasteiger partial charge < -0.3 is 10.2 Å². The Bertz CT molecular complexity index is 447. The molecular weight excluding hydrogens is 286 g/mol. The van der Waals surface area contributed by atoms with Crippen LogP contribution in [0.5, 0.6) is 0 Å². The predicted molar refractivity (Wildman–Crippen MR) is 88.9 cm³/mol. The molecule has 21 heavy (non-hydrogen) atoms. The lowest BCUT2D eigenvalue weighted by Crippen LogP contribution is -2.49. The third-order valence-electron chi connectivity index (χ3n) is 3.81. The summed E-state index contributed by atoms with van der Waals surface area (Å²) in [5, 5.41) is 3.27. The Morgan fingerprint density at radius 1 is 1.24 bits per heavy atom. The standard InChI is InChI=1S/C16H25N3O.ClH/c1-3-14-6-4-5-7-15(14)12-18(2)13-16(20)19-10-8-17-9-11-19;/h4-7,17H,3,8-13H2,1-2H3;1H. The highest BCUT2D eigenvalue weighted by Crippen LogP contribution is 2.11. The third kappa shape index (κ3) is 5.30. The van der Waals surface area contributed by atoms with Crippen molar-refractivity contribution < 1.29 is 4.79 Å². The molecule has 1 saturated heterocycles. The number of hydrogen-bond donors (Lipinski definition) is 1. The van der Waals surface area contributed by atoms with E-state index in [0.717, 1.165) is 39.1 Å². The Hall–Kier alpha value is -1.10. The maximum absolute atomic E-state index is 12.2. The second-order valence-electron chi connectivity index (χ2n) is 5.43. The van der Waals surface area contributed by atoms with Crippen LogP contribution in [-0.2, 0) is 17.8 Å². The molecule has 1 aliphatic heterocycles. The number of hydrogen-bond acceptors (Lipinski definition) is 3. The van der Waals surface area contributed by atoms with Gasteiger partial charge in [-0.2, -0.15) is 0 Å². The van der Waals surface area contributed by atoms with E-state index in [2.05, 4.69) is 41.4 Å². The Morgan fingerprint density at radius 3 is 2.48 bits per heavy atom. The van der Waals surface area contributed by atoms with Gasteiger partial charge in [0.2, 0.25) is 5.91 Å². The summed E-state index contributed by atoms with van der Waals surface area (Å²) >= 11 is 0. The number of piperazine rings is 1. The summed E-state index contributed by atoms with van der Waals surface area (Å²) in [7, 11) is 2.02. The van der Waals surface area contributed by atoms with Crippen LogP contribution in [0.2, 0.25) is 0 Å². The number of carbonyl (C=O) groups excluding carboxylic acids is 1. The number of benzene rings is 1. The molecule has 0 aromatic heterocycles. The SMILES string of the molecule is CCc1ccccc1CN(C)CC(=O)N1CCNCC1.Cl. The fourth-order valence-electron chi connectivity index (χ4n) is 2.65. The maximum Gasteiger partial charge on any atom is 0.236 e. The first-order chi connectivity index (χ1) is 9.70. The van der Waals surface area contributed by atoms with Crippen LogP contribution in [0.1, 0.15) is 18.1 Å². The van der Waals surface area contributed by atoms with Crippen molar-refractivity contribution in [2.45, 2.75) is 19.9 Å². The molecule has 0 unspecified atom stereocenters. The van der Waals surface area contributed by atoms with E-state index < -0.39 is 0 Å². The molecule has 0 radical (unpaired) electrons. The minimum Gasteiger partial charge on any atom is -0.339 e. The Balaban J connectivity index is 0.00000220. The number of carbonyl (C=O) groups is 1. The molecule has 1 aliphatic rings. The molecule has 0 bridgehead atoms. The average Bonchev–Trinajstić information content (AvgIpc) is 2.48. The van der Waals surface area contributed by atoms with Crippen LogP contribution in [0.3, 0.4) is 0 Å². The van der Waals surface area contributed by atoms with E-state index in [9.17, 15) is 4.79 Å². The number of nitrogens with one attached hydrogen (secondary N) is 1. The first-order valence-corrected chi connectivity index (χ1v) is 7.44. The molecule has 2 rings (SSSR count). The van der Waals surface area contributed by atoms with Crippen molar-refractivity contribution >= 4 is 18.3 Å². The zero-order chi connectivity index (χ0) is 14.4. The largest absolute Gasteiger partial charge is 0.339 e. The molecule has 0 spiro atoms. The highest BCUT2D eigenvalue weighted by Gasteiger charge is 2.17. The normalized spacial score (nSPS) is 14.9. The zero-order valence-corrected chi connectivity index (χ0v) is 13.8. The van der Waals surface area contributed by atoms with Gasteiger partial charge in [0, 0.05) is 32.7 Å². The second kappa shape index (κ2) is 9.03. The van der Waals surface area contributed by atoms with Gasteiger partial charge in [-0.25, -0.2) is 0 Å². The first kappa shape index (κ1) is 18.0. The molecule has 1 N–H and O–H groups in total. The highest BCUT2D eigenvalue weighted by atomic mass is 35.5. The molecule has 1 fully saturated rings. The molecular formula is C16H26ClN3O. The van der Waals surface area contributed by atoms with Crippen molar-refractivity contribution in [2.75, 3.05) is 39.8 Å². The van der Waals surface area contributed by atoms with Gasteiger partial charge in [-0.1, -0.05) is 31.2 Å². The molecule has 1 heterocycles. The molecule has 1 aromatic rings. The van der Waals surface area contributed by atoms with E-state index in [-0.39, 0.29) is 18.3 Å². The predicted octanol–water partition coefficient (Wildman–Crippen LogP) is 1.53. The Labute approximate surface area is 133 Å². The molecule has 5 heteroatoms. The van der Waals surface area contributed by atoms with Crippen LogP contribution in [0.4, 0.5) is 0 Å². The van der Waals surface area contributed by atoms with Gasteiger partial charge in [0.25, 0.3) is 0 Å². The summed E-state index contributed by atoms with van der Waals surface area (Å²) in [6.07, 6.45) is 1.04. The van der Waals surface area contributed by atoms with Gasteiger partial charge >= 0.3 is 0 Å². The van der Waals surface area contributed by atoms with Crippen LogP contribution in [-0.4, -0.2) is 55.5 Å². The van der Waals surface area contributed by atoms with Gasteiger partial charge in [0.15, 0.2) is 0 Å². The van der Waals surface area contributed by atoms with Crippen molar-refractivity contribution in [3.05, 3.63) is 35.4 Å². The van der Waals surface area contributed by atoms with Gasteiger partial charge in [0.1, 0.15) is 0 Å². The van der Waals surface area contributed by atoms with Crippen molar-refractivity contribution in [1.29, 1.82) is 0 Å². The van der Waals surface area contributed by atoms with Crippen LogP contribution < -0.4 is 5.32 Å². The van der Waals surface area contributed by atoms with Crippen molar-refractivity contribution in [3.63, 3.8) is 0 Å². The molecule has 1 amide bonds. The summed E-state index contributed by atoms with van der Waals surface area (Å²) in [6.45, 7) is 6.99. The quantitative estimate of drug-likeness (QED) is 0.896. The van der Waals surface area contributed by atoms with Crippen molar-refractivity contribution in [1.82, 2.24) is 15.1 Å². The van der Waals surface area contributed by atoms with Gasteiger partial charge in [-0.15, -0.1) is 12.4 Å². The minimum atomic E-state index is 0. The fourth-order valence-corrected chi connectivity index (χ4v) is 2.65. The lowest BCUT2D eigenvalue weighted by atomic mass is 10.1. The molecule has 0 saturated carbocycles. The van der Waals surface area contributed by atoms with E-state index in [1.165, 1.54) is 11.1 Å². The average molecular weight is 312 g/mol. The number of aryl methyl sites for hydroxylation is 1. The molecule has 0 atom stereocenters. The number of rotatable bonds is 5. The summed E-state index contributed by atoms with van der Waals surface area (Å²) in [5.41, 5.74) is 2.69. The number of amides is 1. The van der Waals surface area contributed by atoms with Crippen LogP contribution in [0.15, 0.2) is 24.3 Å². The summed E-state index contributed by atoms with van der Waals surface area (Å²) < 4.78 is 0. The van der Waals surface area contributed by atoms with E-state index in [1.54, 1.807) is 0 Å². The number of nitrogens with zero attached hydrogens (tertiary/aromatic N) is 2. The lowest BCUT2D eigenvalue weighted by Gasteiger charge is -2.29. The summed E-state index contributed by atoms with van der Waals surface area (Å²) in [5.74, 6) is 0.239. The fraction of sp³-hybridized carbons (Fsp3) is 0.562. The number of halogens is 1. The van der Waals surface area contributed by atoms with E-state index >= 15 is 0 Å². The minimum absolute atomic E-state index is 0. The van der Waals surface area contributed by atoms with Gasteiger partial charge in [-0.05, 0) is 24.6 Å². The van der Waals surface area contributed by atoms with Gasteiger partial charge in [0.05, 0.1) is 6.54 Å².